The van der Waals surface area contributed by atoms with Crippen LogP contribution in [0.25, 0.3) is 0 Å². The normalized spacial score (nSPS) is 14.4. The van der Waals surface area contributed by atoms with Crippen molar-refractivity contribution in [3.8, 4) is 5.75 Å². The van der Waals surface area contributed by atoms with Gasteiger partial charge in [-0.1, -0.05) is 18.5 Å². The molecule has 1 heterocycles. The highest BCUT2D eigenvalue weighted by atomic mass is 35.5. The molecule has 0 N–H and O–H groups in total. The van der Waals surface area contributed by atoms with Gasteiger partial charge in [0.2, 0.25) is 5.91 Å². The standard InChI is InChI=1S/C20H21ClN4O4/c1-2-19(26)24-9-7-23(8-10-24)17-5-3-16(4-6-17)22-13-14-11-15(21)12-18(20(14)27)25(28)29/h3-6,11-13,27H,2,7-10H2,1H3/p-1. The number of hydrogen-bond donors (Lipinski definition) is 0. The summed E-state index contributed by atoms with van der Waals surface area (Å²) >= 11 is 5.86. The summed E-state index contributed by atoms with van der Waals surface area (Å²) in [5.74, 6) is -0.549. The van der Waals surface area contributed by atoms with E-state index in [1.807, 2.05) is 24.0 Å². The highest BCUT2D eigenvalue weighted by Gasteiger charge is 2.20. The fourth-order valence-corrected chi connectivity index (χ4v) is 3.38. The van der Waals surface area contributed by atoms with E-state index in [2.05, 4.69) is 9.89 Å². The van der Waals surface area contributed by atoms with E-state index in [9.17, 15) is 20.0 Å². The summed E-state index contributed by atoms with van der Waals surface area (Å²) in [7, 11) is 0. The molecule has 1 aliphatic heterocycles. The number of hydrogen-bond acceptors (Lipinski definition) is 6. The average Bonchev–Trinajstić information content (AvgIpc) is 2.73. The number of amides is 1. The van der Waals surface area contributed by atoms with Crippen molar-refractivity contribution in [2.45, 2.75) is 13.3 Å². The van der Waals surface area contributed by atoms with Gasteiger partial charge >= 0.3 is 0 Å². The Morgan fingerprint density at radius 1 is 1.21 bits per heavy atom. The Kier molecular flexibility index (Phi) is 6.33. The molecule has 1 amide bonds. The van der Waals surface area contributed by atoms with Crippen molar-refractivity contribution in [1.29, 1.82) is 0 Å². The predicted molar refractivity (Wildman–Crippen MR) is 110 cm³/mol. The Hall–Kier alpha value is -3.13. The second kappa shape index (κ2) is 8.91. The minimum atomic E-state index is -0.756. The molecular weight excluding hydrogens is 396 g/mol. The van der Waals surface area contributed by atoms with Crippen molar-refractivity contribution < 1.29 is 14.8 Å². The van der Waals surface area contributed by atoms with Gasteiger partial charge in [-0.2, -0.15) is 0 Å². The van der Waals surface area contributed by atoms with Crippen molar-refractivity contribution in [1.82, 2.24) is 4.90 Å². The lowest BCUT2D eigenvalue weighted by molar-refractivity contribution is -0.398. The molecule has 0 bridgehead atoms. The number of benzene rings is 2. The van der Waals surface area contributed by atoms with Crippen molar-refractivity contribution in [3.63, 3.8) is 0 Å². The summed E-state index contributed by atoms with van der Waals surface area (Å²) < 4.78 is 0. The van der Waals surface area contributed by atoms with Crippen LogP contribution >= 0.6 is 11.6 Å². The molecule has 8 nitrogen and oxygen atoms in total. The van der Waals surface area contributed by atoms with Crippen LogP contribution in [0.3, 0.4) is 0 Å². The number of halogens is 1. The topological polar surface area (TPSA) is 102 Å². The summed E-state index contributed by atoms with van der Waals surface area (Å²) in [6.07, 6.45) is 1.80. The zero-order valence-corrected chi connectivity index (χ0v) is 16.6. The SMILES string of the molecule is CCC(=O)N1CCN(c2ccc(N=Cc3cc(Cl)cc([N+](=O)[O-])c3[O-])cc2)CC1. The molecule has 9 heteroatoms. The fraction of sp³-hybridized carbons (Fsp3) is 0.300. The smallest absolute Gasteiger partial charge is 0.263 e. The van der Waals surface area contributed by atoms with Gasteiger partial charge in [0.25, 0.3) is 5.69 Å². The van der Waals surface area contributed by atoms with Gasteiger partial charge in [0.1, 0.15) is 0 Å². The maximum absolute atomic E-state index is 12.1. The van der Waals surface area contributed by atoms with Gasteiger partial charge in [0, 0.05) is 55.6 Å². The molecule has 1 fully saturated rings. The number of carbonyl (C=O) groups is 1. The molecule has 0 saturated carbocycles. The number of nitro groups is 1. The number of rotatable bonds is 5. The van der Waals surface area contributed by atoms with Crippen molar-refractivity contribution in [2.75, 3.05) is 31.1 Å². The number of anilines is 1. The van der Waals surface area contributed by atoms with Crippen LogP contribution in [0.15, 0.2) is 41.4 Å². The van der Waals surface area contributed by atoms with E-state index in [1.165, 1.54) is 12.3 Å². The van der Waals surface area contributed by atoms with E-state index in [0.29, 0.717) is 25.2 Å². The first-order chi connectivity index (χ1) is 13.9. The summed E-state index contributed by atoms with van der Waals surface area (Å²) in [4.78, 5) is 30.3. The van der Waals surface area contributed by atoms with Crippen LogP contribution in [0.2, 0.25) is 5.02 Å². The molecule has 0 aromatic heterocycles. The molecule has 29 heavy (non-hydrogen) atoms. The van der Waals surface area contributed by atoms with E-state index >= 15 is 0 Å². The third-order valence-corrected chi connectivity index (χ3v) is 4.98. The third kappa shape index (κ3) is 4.83. The molecule has 1 saturated heterocycles. The molecule has 0 spiro atoms. The summed E-state index contributed by atoms with van der Waals surface area (Å²) in [5.41, 5.74) is 1.12. The lowest BCUT2D eigenvalue weighted by Gasteiger charge is -2.36. The number of carbonyl (C=O) groups excluding carboxylic acids is 1. The number of piperazine rings is 1. The van der Waals surface area contributed by atoms with E-state index in [-0.39, 0.29) is 16.5 Å². The van der Waals surface area contributed by atoms with Crippen LogP contribution in [-0.4, -0.2) is 48.1 Å². The van der Waals surface area contributed by atoms with Gasteiger partial charge in [-0.3, -0.25) is 19.9 Å². The Morgan fingerprint density at radius 3 is 2.45 bits per heavy atom. The lowest BCUT2D eigenvalue weighted by atomic mass is 10.2. The second-order valence-corrected chi connectivity index (χ2v) is 7.03. The Bertz CT molecular complexity index is 938. The van der Waals surface area contributed by atoms with Crippen molar-refractivity contribution in [2.24, 2.45) is 4.99 Å². The molecule has 0 unspecified atom stereocenters. The van der Waals surface area contributed by atoms with Crippen molar-refractivity contribution >= 4 is 40.8 Å². The molecule has 0 atom stereocenters. The van der Waals surface area contributed by atoms with E-state index in [0.717, 1.165) is 24.8 Å². The van der Waals surface area contributed by atoms with Gasteiger partial charge in [-0.25, -0.2) is 0 Å². The molecule has 3 rings (SSSR count). The summed E-state index contributed by atoms with van der Waals surface area (Å²) in [6.45, 7) is 4.80. The number of nitro benzene ring substituents is 1. The maximum atomic E-state index is 12.1. The van der Waals surface area contributed by atoms with Gasteiger partial charge in [0.05, 0.1) is 10.6 Å². The molecule has 2 aromatic carbocycles. The van der Waals surface area contributed by atoms with Crippen LogP contribution in [0.1, 0.15) is 18.9 Å². The Labute approximate surface area is 173 Å². The Balaban J connectivity index is 1.69. The van der Waals surface area contributed by atoms with Gasteiger partial charge in [0.15, 0.2) is 0 Å². The van der Waals surface area contributed by atoms with E-state index < -0.39 is 16.4 Å². The van der Waals surface area contributed by atoms with E-state index in [4.69, 9.17) is 11.6 Å². The second-order valence-electron chi connectivity index (χ2n) is 6.60. The molecule has 152 valence electrons. The Morgan fingerprint density at radius 2 is 1.86 bits per heavy atom. The minimum absolute atomic E-state index is 0.0602. The van der Waals surface area contributed by atoms with Crippen LogP contribution in [-0.2, 0) is 4.79 Å². The summed E-state index contributed by atoms with van der Waals surface area (Å²) in [6, 6.07) is 9.83. The molecule has 0 aliphatic carbocycles. The van der Waals surface area contributed by atoms with Gasteiger partial charge in [-0.05, 0) is 41.6 Å². The zero-order chi connectivity index (χ0) is 21.0. The molecular formula is C20H20ClN4O4-. The van der Waals surface area contributed by atoms with Crippen LogP contribution < -0.4 is 10.0 Å². The molecule has 0 radical (unpaired) electrons. The quantitative estimate of drug-likeness (QED) is 0.424. The highest BCUT2D eigenvalue weighted by molar-refractivity contribution is 6.31. The van der Waals surface area contributed by atoms with Gasteiger partial charge < -0.3 is 14.9 Å². The third-order valence-electron chi connectivity index (χ3n) is 4.76. The van der Waals surface area contributed by atoms with Crippen LogP contribution in [0.5, 0.6) is 5.75 Å². The zero-order valence-electron chi connectivity index (χ0n) is 15.9. The first kappa shape index (κ1) is 20.6. The van der Waals surface area contributed by atoms with E-state index in [1.54, 1.807) is 12.1 Å². The number of aliphatic imine (C=N–C) groups is 1. The largest absolute Gasteiger partial charge is 0.867 e. The van der Waals surface area contributed by atoms with Gasteiger partial charge in [-0.15, -0.1) is 0 Å². The molecule has 2 aromatic rings. The van der Waals surface area contributed by atoms with Crippen LogP contribution in [0.4, 0.5) is 17.1 Å². The number of nitrogens with zero attached hydrogens (tertiary/aromatic N) is 4. The lowest BCUT2D eigenvalue weighted by Crippen LogP contribution is -2.48. The summed E-state index contributed by atoms with van der Waals surface area (Å²) in [5, 5.41) is 23.2. The minimum Gasteiger partial charge on any atom is -0.867 e. The average molecular weight is 416 g/mol. The first-order valence-corrected chi connectivity index (χ1v) is 9.58. The first-order valence-electron chi connectivity index (χ1n) is 9.21. The maximum Gasteiger partial charge on any atom is 0.263 e. The monoisotopic (exact) mass is 415 g/mol. The fourth-order valence-electron chi connectivity index (χ4n) is 3.16. The molecule has 1 aliphatic rings. The van der Waals surface area contributed by atoms with Crippen LogP contribution in [0, 0.1) is 10.1 Å². The highest BCUT2D eigenvalue weighted by Crippen LogP contribution is 2.30. The predicted octanol–water partition coefficient (Wildman–Crippen LogP) is 3.13. The van der Waals surface area contributed by atoms with Crippen molar-refractivity contribution in [3.05, 3.63) is 57.1 Å².